The van der Waals surface area contributed by atoms with Crippen LogP contribution in [0.1, 0.15) is 25.5 Å². The predicted molar refractivity (Wildman–Crippen MR) is 67.6 cm³/mol. The Morgan fingerprint density at radius 2 is 2.39 bits per heavy atom. The van der Waals surface area contributed by atoms with Crippen LogP contribution in [0.4, 0.5) is 5.95 Å². The lowest BCUT2D eigenvalue weighted by atomic mass is 10.1. The fraction of sp³-hybridized carbons (Fsp3) is 0.583. The molecule has 0 radical (unpaired) electrons. The molecular formula is C12H18N4O2. The summed E-state index contributed by atoms with van der Waals surface area (Å²) < 4.78 is 5.35. The van der Waals surface area contributed by atoms with Gasteiger partial charge in [-0.2, -0.15) is 4.98 Å². The zero-order chi connectivity index (χ0) is 13.0. The van der Waals surface area contributed by atoms with Crippen molar-refractivity contribution in [1.29, 1.82) is 0 Å². The van der Waals surface area contributed by atoms with Crippen molar-refractivity contribution in [3.05, 3.63) is 11.8 Å². The second-order valence-electron chi connectivity index (χ2n) is 4.23. The van der Waals surface area contributed by atoms with Crippen LogP contribution in [-0.2, 0) is 4.79 Å². The first-order chi connectivity index (χ1) is 8.69. The van der Waals surface area contributed by atoms with Crippen LogP contribution < -0.4 is 15.4 Å². The molecule has 6 nitrogen and oxygen atoms in total. The van der Waals surface area contributed by atoms with Crippen molar-refractivity contribution in [2.45, 2.75) is 32.7 Å². The van der Waals surface area contributed by atoms with Crippen molar-refractivity contribution in [3.63, 3.8) is 0 Å². The van der Waals surface area contributed by atoms with Crippen LogP contribution in [-0.4, -0.2) is 35.1 Å². The van der Waals surface area contributed by atoms with Gasteiger partial charge in [-0.1, -0.05) is 0 Å². The van der Waals surface area contributed by atoms with E-state index in [-0.39, 0.29) is 11.9 Å². The molecule has 1 atom stereocenters. The fourth-order valence-electron chi connectivity index (χ4n) is 1.89. The molecule has 1 amide bonds. The number of hydrogen-bond donors (Lipinski definition) is 2. The predicted octanol–water partition coefficient (Wildman–Crippen LogP) is 0.874. The Morgan fingerprint density at radius 3 is 3.11 bits per heavy atom. The zero-order valence-electron chi connectivity index (χ0n) is 10.7. The number of piperidine rings is 1. The van der Waals surface area contributed by atoms with Crippen LogP contribution in [0.5, 0.6) is 5.88 Å². The highest BCUT2D eigenvalue weighted by Gasteiger charge is 2.22. The van der Waals surface area contributed by atoms with Gasteiger partial charge in [0, 0.05) is 18.3 Å². The van der Waals surface area contributed by atoms with E-state index in [9.17, 15) is 4.79 Å². The Morgan fingerprint density at radius 1 is 1.56 bits per heavy atom. The van der Waals surface area contributed by atoms with E-state index in [1.165, 1.54) is 0 Å². The minimum absolute atomic E-state index is 0.00400. The van der Waals surface area contributed by atoms with E-state index < -0.39 is 0 Å². The first-order valence-corrected chi connectivity index (χ1v) is 6.21. The fourth-order valence-corrected chi connectivity index (χ4v) is 1.89. The molecule has 98 valence electrons. The van der Waals surface area contributed by atoms with Crippen LogP contribution >= 0.6 is 0 Å². The molecule has 0 saturated carbocycles. The van der Waals surface area contributed by atoms with Crippen molar-refractivity contribution in [2.24, 2.45) is 0 Å². The number of ether oxygens (including phenoxy) is 1. The summed E-state index contributed by atoms with van der Waals surface area (Å²) in [5.41, 5.74) is 0.812. The molecule has 0 aliphatic carbocycles. The second kappa shape index (κ2) is 5.66. The van der Waals surface area contributed by atoms with Gasteiger partial charge in [-0.05, 0) is 26.7 Å². The molecule has 1 saturated heterocycles. The lowest BCUT2D eigenvalue weighted by Crippen LogP contribution is -2.44. The Bertz CT molecular complexity index is 436. The molecule has 2 heterocycles. The minimum atomic E-state index is -0.255. The highest BCUT2D eigenvalue weighted by molar-refractivity contribution is 5.84. The van der Waals surface area contributed by atoms with Gasteiger partial charge < -0.3 is 15.4 Å². The summed E-state index contributed by atoms with van der Waals surface area (Å²) in [7, 11) is 0. The molecule has 18 heavy (non-hydrogen) atoms. The quantitative estimate of drug-likeness (QED) is 0.829. The van der Waals surface area contributed by atoms with E-state index in [0.29, 0.717) is 18.4 Å². The van der Waals surface area contributed by atoms with Crippen molar-refractivity contribution >= 4 is 11.9 Å². The number of carbonyl (C=O) groups excluding carboxylic acids is 1. The molecule has 1 fully saturated rings. The summed E-state index contributed by atoms with van der Waals surface area (Å²) in [6.07, 6.45) is 1.76. The van der Waals surface area contributed by atoms with Gasteiger partial charge in [0.15, 0.2) is 0 Å². The SMILES string of the molecule is CCOc1cc(C)nc(NC2CCCNC2=O)n1. The summed E-state index contributed by atoms with van der Waals surface area (Å²) >= 11 is 0. The van der Waals surface area contributed by atoms with Gasteiger partial charge in [-0.3, -0.25) is 4.79 Å². The smallest absolute Gasteiger partial charge is 0.242 e. The first kappa shape index (κ1) is 12.6. The number of amides is 1. The van der Waals surface area contributed by atoms with Gasteiger partial charge in [0.1, 0.15) is 6.04 Å². The Kier molecular flexibility index (Phi) is 3.96. The monoisotopic (exact) mass is 250 g/mol. The van der Waals surface area contributed by atoms with E-state index in [1.807, 2.05) is 13.8 Å². The van der Waals surface area contributed by atoms with E-state index in [0.717, 1.165) is 25.1 Å². The largest absolute Gasteiger partial charge is 0.478 e. The Balaban J connectivity index is 2.10. The number of nitrogens with one attached hydrogen (secondary N) is 2. The number of nitrogens with zero attached hydrogens (tertiary/aromatic N) is 2. The van der Waals surface area contributed by atoms with Gasteiger partial charge in [-0.25, -0.2) is 4.98 Å². The summed E-state index contributed by atoms with van der Waals surface area (Å²) in [5, 5.41) is 5.87. The minimum Gasteiger partial charge on any atom is -0.478 e. The topological polar surface area (TPSA) is 76.1 Å². The van der Waals surface area contributed by atoms with Crippen molar-refractivity contribution in [1.82, 2.24) is 15.3 Å². The average molecular weight is 250 g/mol. The standard InChI is InChI=1S/C12H18N4O2/c1-3-18-10-7-8(2)14-12(16-10)15-9-5-4-6-13-11(9)17/h7,9H,3-6H2,1-2H3,(H,13,17)(H,14,15,16). The van der Waals surface area contributed by atoms with Gasteiger partial charge in [0.2, 0.25) is 17.7 Å². The Labute approximate surface area is 106 Å². The molecule has 1 aliphatic rings. The average Bonchev–Trinajstić information content (AvgIpc) is 2.32. The third kappa shape index (κ3) is 3.09. The molecule has 6 heteroatoms. The van der Waals surface area contributed by atoms with Crippen molar-refractivity contribution in [2.75, 3.05) is 18.5 Å². The molecule has 0 aromatic carbocycles. The zero-order valence-corrected chi connectivity index (χ0v) is 10.7. The summed E-state index contributed by atoms with van der Waals surface area (Å²) in [6, 6.07) is 1.52. The normalized spacial score (nSPS) is 19.2. The van der Waals surface area contributed by atoms with Crippen LogP contribution in [0.25, 0.3) is 0 Å². The maximum Gasteiger partial charge on any atom is 0.242 e. The molecule has 0 bridgehead atoms. The van der Waals surface area contributed by atoms with Gasteiger partial charge in [-0.15, -0.1) is 0 Å². The van der Waals surface area contributed by atoms with E-state index in [1.54, 1.807) is 6.07 Å². The van der Waals surface area contributed by atoms with Gasteiger partial charge >= 0.3 is 0 Å². The number of carbonyl (C=O) groups is 1. The molecule has 1 aromatic rings. The highest BCUT2D eigenvalue weighted by atomic mass is 16.5. The first-order valence-electron chi connectivity index (χ1n) is 6.21. The van der Waals surface area contributed by atoms with E-state index >= 15 is 0 Å². The number of anilines is 1. The summed E-state index contributed by atoms with van der Waals surface area (Å²) in [6.45, 7) is 5.07. The highest BCUT2D eigenvalue weighted by Crippen LogP contribution is 2.14. The molecule has 1 aliphatic heterocycles. The summed E-state index contributed by atoms with van der Waals surface area (Å²) in [5.74, 6) is 0.980. The van der Waals surface area contributed by atoms with Crippen molar-refractivity contribution in [3.8, 4) is 5.88 Å². The summed E-state index contributed by atoms with van der Waals surface area (Å²) in [4.78, 5) is 20.1. The number of rotatable bonds is 4. The van der Waals surface area contributed by atoms with Gasteiger partial charge in [0.25, 0.3) is 0 Å². The Hall–Kier alpha value is -1.85. The van der Waals surface area contributed by atoms with Gasteiger partial charge in [0.05, 0.1) is 6.61 Å². The lowest BCUT2D eigenvalue weighted by Gasteiger charge is -2.22. The maximum absolute atomic E-state index is 11.6. The second-order valence-corrected chi connectivity index (χ2v) is 4.23. The molecule has 0 spiro atoms. The lowest BCUT2D eigenvalue weighted by molar-refractivity contribution is -0.123. The van der Waals surface area contributed by atoms with E-state index in [2.05, 4.69) is 20.6 Å². The van der Waals surface area contributed by atoms with Crippen LogP contribution in [0.15, 0.2) is 6.07 Å². The molecular weight excluding hydrogens is 232 g/mol. The third-order valence-corrected chi connectivity index (χ3v) is 2.71. The molecule has 2 rings (SSSR count). The van der Waals surface area contributed by atoms with E-state index in [4.69, 9.17) is 4.74 Å². The number of aromatic nitrogens is 2. The molecule has 1 aromatic heterocycles. The number of hydrogen-bond acceptors (Lipinski definition) is 5. The third-order valence-electron chi connectivity index (χ3n) is 2.71. The molecule has 2 N–H and O–H groups in total. The molecule has 1 unspecified atom stereocenters. The van der Waals surface area contributed by atoms with Crippen molar-refractivity contribution < 1.29 is 9.53 Å². The van der Waals surface area contributed by atoms with Crippen LogP contribution in [0.3, 0.4) is 0 Å². The number of aryl methyl sites for hydroxylation is 1. The van der Waals surface area contributed by atoms with Crippen LogP contribution in [0.2, 0.25) is 0 Å². The van der Waals surface area contributed by atoms with Crippen LogP contribution in [0, 0.1) is 6.92 Å². The maximum atomic E-state index is 11.6.